The summed E-state index contributed by atoms with van der Waals surface area (Å²) >= 11 is 0. The summed E-state index contributed by atoms with van der Waals surface area (Å²) in [4.78, 5) is 0.0551. The lowest BCUT2D eigenvalue weighted by molar-refractivity contribution is 0.372. The number of hydrogen-bond donors (Lipinski definition) is 2. The highest BCUT2D eigenvalue weighted by Gasteiger charge is 2.25. The van der Waals surface area contributed by atoms with Gasteiger partial charge in [0, 0.05) is 6.54 Å². The van der Waals surface area contributed by atoms with Gasteiger partial charge in [-0.25, -0.2) is 13.1 Å². The van der Waals surface area contributed by atoms with E-state index in [0.29, 0.717) is 12.5 Å². The number of benzene rings is 1. The van der Waals surface area contributed by atoms with Crippen LogP contribution in [0.5, 0.6) is 11.5 Å². The average Bonchev–Trinajstić information content (AvgIpc) is 2.99. The van der Waals surface area contributed by atoms with E-state index >= 15 is 0 Å². The van der Waals surface area contributed by atoms with E-state index in [-0.39, 0.29) is 28.8 Å². The predicted octanol–water partition coefficient (Wildman–Crippen LogP) is 1.40. The summed E-state index contributed by atoms with van der Waals surface area (Å²) in [6.45, 7) is 2.38. The van der Waals surface area contributed by atoms with Crippen LogP contribution in [0.1, 0.15) is 12.8 Å². The molecule has 0 radical (unpaired) electrons. The quantitative estimate of drug-likeness (QED) is 0.777. The summed E-state index contributed by atoms with van der Waals surface area (Å²) in [5, 5.41) is 3.27. The zero-order valence-electron chi connectivity index (χ0n) is 12.8. The lowest BCUT2D eigenvalue weighted by atomic mass is 10.1. The van der Waals surface area contributed by atoms with E-state index in [1.54, 1.807) is 18.2 Å². The van der Waals surface area contributed by atoms with Gasteiger partial charge in [0.05, 0.1) is 14.2 Å². The summed E-state index contributed by atoms with van der Waals surface area (Å²) in [6, 6.07) is 4.91. The van der Waals surface area contributed by atoms with Crippen molar-refractivity contribution in [3.05, 3.63) is 18.2 Å². The molecule has 0 aromatic heterocycles. The smallest absolute Gasteiger partial charge is 0.247 e. The molecule has 1 unspecified atom stereocenters. The van der Waals surface area contributed by atoms with Crippen molar-refractivity contribution in [2.24, 2.45) is 5.92 Å². The molecule has 1 atom stereocenters. The van der Waals surface area contributed by atoms with Crippen LogP contribution < -0.4 is 19.5 Å². The van der Waals surface area contributed by atoms with Crippen LogP contribution >= 0.6 is 12.4 Å². The highest BCUT2D eigenvalue weighted by Crippen LogP contribution is 2.32. The molecule has 22 heavy (non-hydrogen) atoms. The first-order valence-electron chi connectivity index (χ1n) is 7.00. The molecule has 2 N–H and O–H groups in total. The second kappa shape index (κ2) is 8.57. The maximum Gasteiger partial charge on any atom is 0.247 e. The Morgan fingerprint density at radius 2 is 1.91 bits per heavy atom. The molecule has 126 valence electrons. The van der Waals surface area contributed by atoms with E-state index in [1.807, 2.05) is 0 Å². The summed E-state index contributed by atoms with van der Waals surface area (Å²) < 4.78 is 37.9. The van der Waals surface area contributed by atoms with E-state index in [1.165, 1.54) is 14.2 Å². The molecule has 0 amide bonds. The summed E-state index contributed by atoms with van der Waals surface area (Å²) in [7, 11) is -0.773. The zero-order chi connectivity index (χ0) is 15.3. The average molecular weight is 351 g/mol. The topological polar surface area (TPSA) is 76.7 Å². The van der Waals surface area contributed by atoms with Crippen LogP contribution in [0, 0.1) is 5.92 Å². The second-order valence-electron chi connectivity index (χ2n) is 5.04. The van der Waals surface area contributed by atoms with E-state index in [0.717, 1.165) is 25.9 Å². The van der Waals surface area contributed by atoms with E-state index < -0.39 is 10.0 Å². The molecule has 2 rings (SSSR count). The summed E-state index contributed by atoms with van der Waals surface area (Å²) in [5.41, 5.74) is 0. The van der Waals surface area contributed by atoms with Crippen molar-refractivity contribution in [3.8, 4) is 11.5 Å². The van der Waals surface area contributed by atoms with Gasteiger partial charge in [-0.05, 0) is 44.0 Å². The number of hydrogen-bond acceptors (Lipinski definition) is 5. The molecule has 0 spiro atoms. The molecule has 1 aliphatic heterocycles. The summed E-state index contributed by atoms with van der Waals surface area (Å²) in [6.07, 6.45) is 1.92. The Labute approximate surface area is 138 Å². The third-order valence-electron chi connectivity index (χ3n) is 3.66. The molecule has 1 saturated heterocycles. The first-order valence-corrected chi connectivity index (χ1v) is 8.48. The highest BCUT2D eigenvalue weighted by atomic mass is 35.5. The molecule has 1 aromatic carbocycles. The molecule has 1 heterocycles. The monoisotopic (exact) mass is 350 g/mol. The van der Waals surface area contributed by atoms with Gasteiger partial charge in [-0.3, -0.25) is 0 Å². The Kier molecular flexibility index (Phi) is 7.41. The number of sulfonamides is 1. The zero-order valence-corrected chi connectivity index (χ0v) is 14.4. The van der Waals surface area contributed by atoms with Gasteiger partial charge in [-0.15, -0.1) is 12.4 Å². The molecule has 8 heteroatoms. The number of halogens is 1. The van der Waals surface area contributed by atoms with Crippen molar-refractivity contribution < 1.29 is 17.9 Å². The van der Waals surface area contributed by atoms with Crippen molar-refractivity contribution >= 4 is 22.4 Å². The van der Waals surface area contributed by atoms with Crippen LogP contribution in [0.25, 0.3) is 0 Å². The van der Waals surface area contributed by atoms with Gasteiger partial charge in [0.25, 0.3) is 0 Å². The second-order valence-corrected chi connectivity index (χ2v) is 6.74. The van der Waals surface area contributed by atoms with Crippen molar-refractivity contribution in [1.82, 2.24) is 10.0 Å². The molecule has 0 saturated carbocycles. The molecular weight excluding hydrogens is 328 g/mol. The first-order chi connectivity index (χ1) is 10.1. The lowest BCUT2D eigenvalue weighted by Crippen LogP contribution is -2.27. The fraction of sp³-hybridized carbons (Fsp3) is 0.571. The maximum absolute atomic E-state index is 12.5. The standard InChI is InChI=1S/C14H22N2O4S.ClH/c1-19-12-4-3-5-13(20-2)14(12)21(17,18)16-9-7-11-6-8-15-10-11;/h3-5,11,15-16H,6-10H2,1-2H3;1H. The minimum Gasteiger partial charge on any atom is -0.495 e. The van der Waals surface area contributed by atoms with E-state index in [4.69, 9.17) is 9.47 Å². The van der Waals surface area contributed by atoms with Gasteiger partial charge in [0.1, 0.15) is 11.5 Å². The van der Waals surface area contributed by atoms with Gasteiger partial charge < -0.3 is 14.8 Å². The third kappa shape index (κ3) is 4.49. The molecule has 0 bridgehead atoms. The molecule has 0 aliphatic carbocycles. The van der Waals surface area contributed by atoms with Crippen LogP contribution in [0.4, 0.5) is 0 Å². The van der Waals surface area contributed by atoms with Gasteiger partial charge >= 0.3 is 0 Å². The molecule has 1 aromatic rings. The van der Waals surface area contributed by atoms with Gasteiger partial charge in [-0.2, -0.15) is 0 Å². The maximum atomic E-state index is 12.5. The SMILES string of the molecule is COc1cccc(OC)c1S(=O)(=O)NCCC1CCNC1.Cl. The fourth-order valence-electron chi connectivity index (χ4n) is 2.51. The van der Waals surface area contributed by atoms with E-state index in [9.17, 15) is 8.42 Å². The number of nitrogens with one attached hydrogen (secondary N) is 2. The van der Waals surface area contributed by atoms with Crippen LogP contribution in [-0.4, -0.2) is 42.3 Å². The summed E-state index contributed by atoms with van der Waals surface area (Å²) in [5.74, 6) is 1.10. The third-order valence-corrected chi connectivity index (χ3v) is 5.18. The van der Waals surface area contributed by atoms with Crippen molar-refractivity contribution in [1.29, 1.82) is 0 Å². The number of rotatable bonds is 7. The van der Waals surface area contributed by atoms with Crippen molar-refractivity contribution in [2.45, 2.75) is 17.7 Å². The number of ether oxygens (including phenoxy) is 2. The minimum absolute atomic E-state index is 0. The van der Waals surface area contributed by atoms with Gasteiger partial charge in [-0.1, -0.05) is 6.07 Å². The van der Waals surface area contributed by atoms with Crippen LogP contribution in [-0.2, 0) is 10.0 Å². The Hall–Kier alpha value is -1.02. The van der Waals surface area contributed by atoms with Crippen LogP contribution in [0.2, 0.25) is 0 Å². The Morgan fingerprint density at radius 1 is 1.27 bits per heavy atom. The lowest BCUT2D eigenvalue weighted by Gasteiger charge is -2.15. The Bertz CT molecular complexity index is 552. The van der Waals surface area contributed by atoms with Crippen LogP contribution in [0.3, 0.4) is 0 Å². The molecule has 1 aliphatic rings. The number of methoxy groups -OCH3 is 2. The van der Waals surface area contributed by atoms with Crippen molar-refractivity contribution in [3.63, 3.8) is 0 Å². The molecular formula is C14H23ClN2O4S. The van der Waals surface area contributed by atoms with E-state index in [2.05, 4.69) is 10.0 Å². The normalized spacial score (nSPS) is 17.8. The van der Waals surface area contributed by atoms with Crippen molar-refractivity contribution in [2.75, 3.05) is 33.9 Å². The fourth-order valence-corrected chi connectivity index (χ4v) is 3.88. The van der Waals surface area contributed by atoms with Gasteiger partial charge in [0.2, 0.25) is 10.0 Å². The Morgan fingerprint density at radius 3 is 2.41 bits per heavy atom. The minimum atomic E-state index is -3.66. The molecule has 6 nitrogen and oxygen atoms in total. The van der Waals surface area contributed by atoms with Crippen LogP contribution in [0.15, 0.2) is 23.1 Å². The van der Waals surface area contributed by atoms with Gasteiger partial charge in [0.15, 0.2) is 4.90 Å². The predicted molar refractivity (Wildman–Crippen MR) is 87.6 cm³/mol. The Balaban J connectivity index is 0.00000242. The highest BCUT2D eigenvalue weighted by molar-refractivity contribution is 7.89. The molecule has 1 fully saturated rings. The largest absolute Gasteiger partial charge is 0.495 e. The first kappa shape index (κ1) is 19.0.